The lowest BCUT2D eigenvalue weighted by atomic mass is 10.0. The summed E-state index contributed by atoms with van der Waals surface area (Å²) in [5.41, 5.74) is 2.55. The van der Waals surface area contributed by atoms with Crippen molar-refractivity contribution in [2.75, 3.05) is 0 Å². The smallest absolute Gasteiger partial charge is 0.293 e. The Morgan fingerprint density at radius 2 is 1.69 bits per heavy atom. The van der Waals surface area contributed by atoms with Crippen LogP contribution in [0.2, 0.25) is 10.0 Å². The second kappa shape index (κ2) is 10.7. The van der Waals surface area contributed by atoms with Crippen LogP contribution in [-0.2, 0) is 17.9 Å². The molecular weight excluding hydrogens is 581 g/mol. The van der Waals surface area contributed by atoms with Gasteiger partial charge in [-0.1, -0.05) is 77.8 Å². The molecule has 1 fully saturated rings. The highest BCUT2D eigenvalue weighted by Crippen LogP contribution is 2.38. The number of halogens is 3. The third-order valence-electron chi connectivity index (χ3n) is 5.70. The first kappa shape index (κ1) is 24.9. The first-order valence-electron chi connectivity index (χ1n) is 11.0. The molecule has 1 heterocycles. The van der Waals surface area contributed by atoms with E-state index in [0.717, 1.165) is 33.7 Å². The van der Waals surface area contributed by atoms with Gasteiger partial charge in [0, 0.05) is 5.02 Å². The normalized spacial score (nSPS) is 14.8. The van der Waals surface area contributed by atoms with Crippen molar-refractivity contribution in [3.63, 3.8) is 0 Å². The molecule has 1 aliphatic heterocycles. The van der Waals surface area contributed by atoms with Crippen LogP contribution in [0.5, 0.6) is 5.75 Å². The quantitative estimate of drug-likeness (QED) is 0.208. The maximum absolute atomic E-state index is 13.1. The largest absolute Gasteiger partial charge is 0.486 e. The Balaban J connectivity index is 1.34. The molecule has 0 unspecified atom stereocenters. The Hall–Kier alpha value is -2.77. The van der Waals surface area contributed by atoms with Crippen molar-refractivity contribution in [2.24, 2.45) is 0 Å². The number of carbonyl (C=O) groups is 2. The second-order valence-electron chi connectivity index (χ2n) is 8.13. The zero-order valence-electron chi connectivity index (χ0n) is 18.7. The predicted octanol–water partition coefficient (Wildman–Crippen LogP) is 8.72. The van der Waals surface area contributed by atoms with Crippen molar-refractivity contribution in [3.8, 4) is 5.75 Å². The van der Waals surface area contributed by atoms with E-state index in [1.54, 1.807) is 24.3 Å². The molecule has 4 aromatic rings. The number of thioether (sulfide) groups is 1. The lowest BCUT2D eigenvalue weighted by Gasteiger charge is -2.14. The van der Waals surface area contributed by atoms with Gasteiger partial charge in [-0.15, -0.1) is 0 Å². The number of fused-ring (bicyclic) bond motifs is 1. The van der Waals surface area contributed by atoms with E-state index in [1.165, 1.54) is 4.90 Å². The summed E-state index contributed by atoms with van der Waals surface area (Å²) in [6.07, 6.45) is 1.67. The van der Waals surface area contributed by atoms with Gasteiger partial charge < -0.3 is 4.74 Å². The third-order valence-corrected chi connectivity index (χ3v) is 7.73. The molecule has 4 nitrogen and oxygen atoms in total. The number of nitrogens with zero attached hydrogens (tertiary/aromatic N) is 1. The fourth-order valence-electron chi connectivity index (χ4n) is 3.93. The van der Waals surface area contributed by atoms with Gasteiger partial charge >= 0.3 is 0 Å². The van der Waals surface area contributed by atoms with Gasteiger partial charge in [-0.25, -0.2) is 0 Å². The van der Waals surface area contributed by atoms with Gasteiger partial charge in [0.05, 0.1) is 20.9 Å². The van der Waals surface area contributed by atoms with E-state index in [4.69, 9.17) is 27.9 Å². The number of hydrogen-bond acceptors (Lipinski definition) is 4. The van der Waals surface area contributed by atoms with Gasteiger partial charge in [0.25, 0.3) is 11.1 Å². The summed E-state index contributed by atoms with van der Waals surface area (Å²) >= 11 is 16.9. The summed E-state index contributed by atoms with van der Waals surface area (Å²) in [6.45, 7) is 0.535. The summed E-state index contributed by atoms with van der Waals surface area (Å²) in [7, 11) is 0. The summed E-state index contributed by atoms with van der Waals surface area (Å²) < 4.78 is 6.54. The molecule has 1 saturated heterocycles. The van der Waals surface area contributed by atoms with Gasteiger partial charge in [-0.2, -0.15) is 0 Å². The van der Waals surface area contributed by atoms with Crippen LogP contribution in [0.15, 0.2) is 88.2 Å². The van der Waals surface area contributed by atoms with Crippen LogP contribution in [0.1, 0.15) is 16.7 Å². The van der Waals surface area contributed by atoms with E-state index in [9.17, 15) is 9.59 Å². The molecule has 0 bridgehead atoms. The zero-order valence-corrected chi connectivity index (χ0v) is 22.6. The van der Waals surface area contributed by atoms with Crippen LogP contribution in [0.3, 0.4) is 0 Å². The van der Waals surface area contributed by atoms with E-state index < -0.39 is 0 Å². The number of carbonyl (C=O) groups excluding carboxylic acids is 2. The van der Waals surface area contributed by atoms with Gasteiger partial charge in [-0.05, 0) is 85.5 Å². The Bertz CT molecular complexity index is 1490. The van der Waals surface area contributed by atoms with Crippen molar-refractivity contribution in [3.05, 3.63) is 115 Å². The highest BCUT2D eigenvalue weighted by molar-refractivity contribution is 9.10. The fourth-order valence-corrected chi connectivity index (χ4v) is 5.88. The van der Waals surface area contributed by atoms with Crippen LogP contribution in [0.4, 0.5) is 4.79 Å². The van der Waals surface area contributed by atoms with Crippen molar-refractivity contribution in [2.45, 2.75) is 13.2 Å². The molecule has 0 aliphatic carbocycles. The molecule has 0 N–H and O–H groups in total. The second-order valence-corrected chi connectivity index (χ2v) is 10.8. The summed E-state index contributed by atoms with van der Waals surface area (Å²) in [4.78, 5) is 27.5. The molecular formula is C28H18BrCl2NO3S. The Morgan fingerprint density at radius 1 is 0.944 bits per heavy atom. The maximum Gasteiger partial charge on any atom is 0.293 e. The van der Waals surface area contributed by atoms with Gasteiger partial charge in [0.2, 0.25) is 0 Å². The highest BCUT2D eigenvalue weighted by atomic mass is 79.9. The van der Waals surface area contributed by atoms with Crippen LogP contribution >= 0.6 is 50.9 Å². The van der Waals surface area contributed by atoms with E-state index in [2.05, 4.69) is 15.9 Å². The Kier molecular flexibility index (Phi) is 7.39. The van der Waals surface area contributed by atoms with E-state index in [1.807, 2.05) is 60.7 Å². The number of imide groups is 1. The fraction of sp³-hybridized carbons (Fsp3) is 0.0714. The molecule has 0 radical (unpaired) electrons. The molecule has 0 spiro atoms. The SMILES string of the molecule is O=C1S/C(=C/c2cc(Cl)c(OCc3ccc(Cl)cc3)c(Br)c2)C(=O)N1Cc1cccc2ccccc12. The van der Waals surface area contributed by atoms with Crippen LogP contribution in [0.25, 0.3) is 16.8 Å². The Morgan fingerprint density at radius 3 is 2.47 bits per heavy atom. The molecule has 4 aromatic carbocycles. The highest BCUT2D eigenvalue weighted by Gasteiger charge is 2.35. The Labute approximate surface area is 231 Å². The first-order chi connectivity index (χ1) is 17.4. The molecule has 5 rings (SSSR count). The number of rotatable bonds is 6. The van der Waals surface area contributed by atoms with Crippen molar-refractivity contribution in [1.82, 2.24) is 4.90 Å². The van der Waals surface area contributed by atoms with Gasteiger partial charge in [-0.3, -0.25) is 14.5 Å². The monoisotopic (exact) mass is 597 g/mol. The maximum atomic E-state index is 13.1. The standard InChI is InChI=1S/C28H18BrCl2NO3S/c29-23-12-18(13-24(31)26(23)35-16-17-8-10-21(30)11-9-17)14-25-27(33)32(28(34)36-25)15-20-6-3-5-19-4-1-2-7-22(19)20/h1-14H,15-16H2/b25-14+. The van der Waals surface area contributed by atoms with Crippen molar-refractivity contribution < 1.29 is 14.3 Å². The molecule has 2 amide bonds. The molecule has 0 saturated carbocycles. The topological polar surface area (TPSA) is 46.6 Å². The summed E-state index contributed by atoms with van der Waals surface area (Å²) in [5, 5.41) is 2.83. The summed E-state index contributed by atoms with van der Waals surface area (Å²) in [6, 6.07) is 24.7. The van der Waals surface area contributed by atoms with E-state index >= 15 is 0 Å². The molecule has 0 aromatic heterocycles. The lowest BCUT2D eigenvalue weighted by molar-refractivity contribution is -0.123. The summed E-state index contributed by atoms with van der Waals surface area (Å²) in [5.74, 6) is 0.168. The molecule has 1 aliphatic rings. The van der Waals surface area contributed by atoms with Crippen LogP contribution in [-0.4, -0.2) is 16.0 Å². The van der Waals surface area contributed by atoms with E-state index in [-0.39, 0.29) is 17.7 Å². The van der Waals surface area contributed by atoms with E-state index in [0.29, 0.717) is 37.3 Å². The minimum absolute atomic E-state index is 0.214. The predicted molar refractivity (Wildman–Crippen MR) is 150 cm³/mol. The van der Waals surface area contributed by atoms with Crippen molar-refractivity contribution in [1.29, 1.82) is 0 Å². The number of ether oxygens (including phenoxy) is 1. The first-order valence-corrected chi connectivity index (χ1v) is 13.3. The number of amides is 2. The molecule has 180 valence electrons. The minimum Gasteiger partial charge on any atom is -0.486 e. The number of benzene rings is 4. The molecule has 0 atom stereocenters. The van der Waals surface area contributed by atoms with Crippen LogP contribution < -0.4 is 4.74 Å². The lowest BCUT2D eigenvalue weighted by Crippen LogP contribution is -2.27. The van der Waals surface area contributed by atoms with Crippen molar-refractivity contribution >= 4 is 78.9 Å². The molecule has 8 heteroatoms. The van der Waals surface area contributed by atoms with Gasteiger partial charge in [0.1, 0.15) is 6.61 Å². The zero-order chi connectivity index (χ0) is 25.2. The third kappa shape index (κ3) is 5.32. The molecule has 36 heavy (non-hydrogen) atoms. The minimum atomic E-state index is -0.326. The van der Waals surface area contributed by atoms with Crippen LogP contribution in [0, 0.1) is 0 Å². The number of hydrogen-bond donors (Lipinski definition) is 0. The average Bonchev–Trinajstić information content (AvgIpc) is 3.12. The average molecular weight is 599 g/mol. The van der Waals surface area contributed by atoms with Gasteiger partial charge in [0.15, 0.2) is 5.75 Å².